The zero-order valence-corrected chi connectivity index (χ0v) is 10.2. The quantitative estimate of drug-likeness (QED) is 0.803. The van der Waals surface area contributed by atoms with E-state index in [1.807, 2.05) is 0 Å². The largest absolute Gasteiger partial charge is 0.506 e. The number of anilines is 1. The van der Waals surface area contributed by atoms with Crippen LogP contribution < -0.4 is 10.1 Å². The number of nitrogens with zero attached hydrogens (tertiary/aromatic N) is 2. The molecule has 0 saturated carbocycles. The fourth-order valence-corrected chi connectivity index (χ4v) is 1.94. The van der Waals surface area contributed by atoms with Gasteiger partial charge in [0, 0.05) is 19.0 Å². The van der Waals surface area contributed by atoms with Gasteiger partial charge in [-0.2, -0.15) is 5.10 Å². The van der Waals surface area contributed by atoms with Crippen molar-refractivity contribution in [2.45, 2.75) is 13.0 Å². The third-order valence-corrected chi connectivity index (χ3v) is 2.89. The molecule has 0 spiro atoms. The van der Waals surface area contributed by atoms with Crippen LogP contribution >= 0.6 is 0 Å². The van der Waals surface area contributed by atoms with E-state index in [9.17, 15) is 9.90 Å². The summed E-state index contributed by atoms with van der Waals surface area (Å²) < 4.78 is 7.07. The Morgan fingerprint density at radius 1 is 1.42 bits per heavy atom. The molecule has 19 heavy (non-hydrogen) atoms. The molecule has 6 heteroatoms. The Hall–Kier alpha value is -2.50. The monoisotopic (exact) mass is 259 g/mol. The molecule has 0 aliphatic carbocycles. The Balaban J connectivity index is 1.81. The molecule has 0 fully saturated rings. The summed E-state index contributed by atoms with van der Waals surface area (Å²) in [6.07, 6.45) is 0.884. The highest BCUT2D eigenvalue weighted by molar-refractivity contribution is 6.03. The molecule has 0 atom stereocenters. The first-order valence-electron chi connectivity index (χ1n) is 6.04. The molecule has 1 aromatic heterocycles. The highest BCUT2D eigenvalue weighted by Crippen LogP contribution is 2.23. The number of phenolic OH excluding ortho intramolecular Hbond substituents is 1. The van der Waals surface area contributed by atoms with E-state index >= 15 is 0 Å². The Morgan fingerprint density at radius 3 is 3.05 bits per heavy atom. The van der Waals surface area contributed by atoms with E-state index in [-0.39, 0.29) is 17.4 Å². The molecule has 2 N–H and O–H groups in total. The first kappa shape index (κ1) is 11.6. The van der Waals surface area contributed by atoms with Crippen LogP contribution in [0.5, 0.6) is 11.6 Å². The van der Waals surface area contributed by atoms with E-state index in [2.05, 4.69) is 10.4 Å². The van der Waals surface area contributed by atoms with Crippen LogP contribution in [0.15, 0.2) is 30.3 Å². The number of nitrogens with one attached hydrogen (secondary N) is 1. The Kier molecular flexibility index (Phi) is 2.83. The van der Waals surface area contributed by atoms with Gasteiger partial charge in [0.05, 0.1) is 12.3 Å². The average molecular weight is 259 g/mol. The number of aryl methyl sites for hydroxylation is 1. The van der Waals surface area contributed by atoms with Gasteiger partial charge in [-0.05, 0) is 12.1 Å². The molecule has 0 saturated heterocycles. The molecule has 1 aliphatic heterocycles. The molecule has 0 bridgehead atoms. The maximum Gasteiger partial charge on any atom is 0.276 e. The third kappa shape index (κ3) is 2.24. The van der Waals surface area contributed by atoms with E-state index in [0.717, 1.165) is 13.0 Å². The minimum absolute atomic E-state index is 0.0241. The van der Waals surface area contributed by atoms with Crippen molar-refractivity contribution in [2.24, 2.45) is 0 Å². The van der Waals surface area contributed by atoms with Gasteiger partial charge >= 0.3 is 0 Å². The van der Waals surface area contributed by atoms with Gasteiger partial charge in [-0.3, -0.25) is 4.79 Å². The number of benzene rings is 1. The van der Waals surface area contributed by atoms with E-state index in [4.69, 9.17) is 4.74 Å². The van der Waals surface area contributed by atoms with Crippen molar-refractivity contribution in [1.82, 2.24) is 9.78 Å². The molecule has 6 nitrogen and oxygen atoms in total. The van der Waals surface area contributed by atoms with Crippen molar-refractivity contribution in [3.8, 4) is 11.6 Å². The number of aromatic hydroxyl groups is 1. The molecule has 98 valence electrons. The van der Waals surface area contributed by atoms with E-state index in [1.165, 1.54) is 6.07 Å². The predicted molar refractivity (Wildman–Crippen MR) is 68.4 cm³/mol. The second kappa shape index (κ2) is 4.64. The number of carbonyl (C=O) groups is 1. The number of ether oxygens (including phenoxy) is 1. The normalized spacial score (nSPS) is 13.5. The number of para-hydroxylation sites is 2. The standard InChI is InChI=1S/C13H13N3O3/c17-11-5-2-1-4-9(11)14-13(18)10-8-12-16(15-10)6-3-7-19-12/h1-2,4-5,8,17H,3,6-7H2,(H,14,18). The summed E-state index contributed by atoms with van der Waals surface area (Å²) in [4.78, 5) is 12.0. The fourth-order valence-electron chi connectivity index (χ4n) is 1.94. The van der Waals surface area contributed by atoms with E-state index in [1.54, 1.807) is 28.9 Å². The lowest BCUT2D eigenvalue weighted by Gasteiger charge is -2.13. The summed E-state index contributed by atoms with van der Waals surface area (Å²) >= 11 is 0. The molecule has 1 amide bonds. The number of aromatic nitrogens is 2. The maximum atomic E-state index is 12.0. The Labute approximate surface area is 109 Å². The van der Waals surface area contributed by atoms with Crippen molar-refractivity contribution >= 4 is 11.6 Å². The van der Waals surface area contributed by atoms with E-state index in [0.29, 0.717) is 18.2 Å². The molecule has 1 aromatic carbocycles. The zero-order chi connectivity index (χ0) is 13.2. The van der Waals surface area contributed by atoms with Gasteiger partial charge < -0.3 is 15.2 Å². The number of amides is 1. The van der Waals surface area contributed by atoms with Crippen molar-refractivity contribution in [1.29, 1.82) is 0 Å². The molecule has 3 rings (SSSR count). The summed E-state index contributed by atoms with van der Waals surface area (Å²) in [7, 11) is 0. The number of fused-ring (bicyclic) bond motifs is 1. The highest BCUT2D eigenvalue weighted by atomic mass is 16.5. The number of rotatable bonds is 2. The van der Waals surface area contributed by atoms with Crippen LogP contribution in [0.4, 0.5) is 5.69 Å². The summed E-state index contributed by atoms with van der Waals surface area (Å²) in [5.74, 6) is 0.261. The first-order valence-corrected chi connectivity index (χ1v) is 6.04. The Bertz CT molecular complexity index is 598. The zero-order valence-electron chi connectivity index (χ0n) is 10.2. The maximum absolute atomic E-state index is 12.0. The SMILES string of the molecule is O=C(Nc1ccccc1O)c1cc2n(n1)CCCO2. The molecule has 0 radical (unpaired) electrons. The van der Waals surface area contributed by atoms with Crippen LogP contribution in [-0.2, 0) is 6.54 Å². The van der Waals surface area contributed by atoms with Crippen LogP contribution in [-0.4, -0.2) is 27.4 Å². The van der Waals surface area contributed by atoms with Crippen molar-refractivity contribution in [2.75, 3.05) is 11.9 Å². The highest BCUT2D eigenvalue weighted by Gasteiger charge is 2.18. The van der Waals surface area contributed by atoms with Gasteiger partial charge in [0.2, 0.25) is 5.88 Å². The van der Waals surface area contributed by atoms with Gasteiger partial charge in [0.1, 0.15) is 5.75 Å². The summed E-state index contributed by atoms with van der Waals surface area (Å²) in [5, 5.41) is 16.4. The van der Waals surface area contributed by atoms with Crippen molar-refractivity contribution in [3.05, 3.63) is 36.0 Å². The van der Waals surface area contributed by atoms with Crippen molar-refractivity contribution < 1.29 is 14.6 Å². The summed E-state index contributed by atoms with van der Waals surface area (Å²) in [5.41, 5.74) is 0.638. The Morgan fingerprint density at radius 2 is 2.26 bits per heavy atom. The topological polar surface area (TPSA) is 76.4 Å². The number of phenols is 1. The molecular formula is C13H13N3O3. The van der Waals surface area contributed by atoms with Crippen LogP contribution in [0.1, 0.15) is 16.9 Å². The lowest BCUT2D eigenvalue weighted by molar-refractivity contribution is 0.102. The predicted octanol–water partition coefficient (Wildman–Crippen LogP) is 1.62. The lowest BCUT2D eigenvalue weighted by atomic mass is 10.3. The molecule has 0 unspecified atom stereocenters. The second-order valence-corrected chi connectivity index (χ2v) is 4.26. The van der Waals surface area contributed by atoms with Gasteiger partial charge in [-0.1, -0.05) is 12.1 Å². The van der Waals surface area contributed by atoms with Crippen LogP contribution in [0.25, 0.3) is 0 Å². The molecule has 2 heterocycles. The lowest BCUT2D eigenvalue weighted by Crippen LogP contribution is -2.16. The van der Waals surface area contributed by atoms with Gasteiger partial charge in [0.25, 0.3) is 5.91 Å². The minimum Gasteiger partial charge on any atom is -0.506 e. The molecule has 1 aliphatic rings. The smallest absolute Gasteiger partial charge is 0.276 e. The minimum atomic E-state index is -0.369. The number of hydrogen-bond donors (Lipinski definition) is 2. The molecule has 2 aromatic rings. The van der Waals surface area contributed by atoms with Crippen LogP contribution in [0.2, 0.25) is 0 Å². The second-order valence-electron chi connectivity index (χ2n) is 4.26. The fraction of sp³-hybridized carbons (Fsp3) is 0.231. The number of carbonyl (C=O) groups excluding carboxylic acids is 1. The van der Waals surface area contributed by atoms with Gasteiger partial charge in [0.15, 0.2) is 5.69 Å². The average Bonchev–Trinajstić information content (AvgIpc) is 2.85. The summed E-state index contributed by atoms with van der Waals surface area (Å²) in [6, 6.07) is 8.16. The van der Waals surface area contributed by atoms with E-state index < -0.39 is 0 Å². The third-order valence-electron chi connectivity index (χ3n) is 2.89. The molecular weight excluding hydrogens is 246 g/mol. The van der Waals surface area contributed by atoms with Crippen LogP contribution in [0.3, 0.4) is 0 Å². The van der Waals surface area contributed by atoms with Crippen molar-refractivity contribution in [3.63, 3.8) is 0 Å². The van der Waals surface area contributed by atoms with Crippen LogP contribution in [0, 0.1) is 0 Å². The number of hydrogen-bond acceptors (Lipinski definition) is 4. The van der Waals surface area contributed by atoms with Gasteiger partial charge in [-0.15, -0.1) is 0 Å². The van der Waals surface area contributed by atoms with Gasteiger partial charge in [-0.25, -0.2) is 4.68 Å². The summed E-state index contributed by atoms with van der Waals surface area (Å²) in [6.45, 7) is 1.39. The first-order chi connectivity index (χ1) is 9.24.